The molecule has 1 aliphatic carbocycles. The Morgan fingerprint density at radius 3 is 2.37 bits per heavy atom. The van der Waals surface area contributed by atoms with Crippen molar-refractivity contribution in [1.29, 1.82) is 0 Å². The van der Waals surface area contributed by atoms with Gasteiger partial charge >= 0.3 is 5.97 Å². The van der Waals surface area contributed by atoms with Crippen molar-refractivity contribution in [3.05, 3.63) is 35.6 Å². The van der Waals surface area contributed by atoms with Gasteiger partial charge in [0.25, 0.3) is 0 Å². The summed E-state index contributed by atoms with van der Waals surface area (Å²) in [6.45, 7) is 1.70. The molecule has 102 valence electrons. The van der Waals surface area contributed by atoms with Crippen molar-refractivity contribution in [2.45, 2.75) is 37.6 Å². The number of rotatable bonds is 5. The van der Waals surface area contributed by atoms with Crippen molar-refractivity contribution in [3.63, 3.8) is 0 Å². The maximum atomic E-state index is 12.9. The van der Waals surface area contributed by atoms with Crippen molar-refractivity contribution >= 4 is 11.9 Å². The molecule has 1 aromatic carbocycles. The summed E-state index contributed by atoms with van der Waals surface area (Å²) in [5.41, 5.74) is 0.0722. The van der Waals surface area contributed by atoms with Gasteiger partial charge in [0, 0.05) is 0 Å². The predicted molar refractivity (Wildman–Crippen MR) is 67.2 cm³/mol. The third kappa shape index (κ3) is 2.59. The summed E-state index contributed by atoms with van der Waals surface area (Å²) in [6, 6.07) is 4.94. The second kappa shape index (κ2) is 4.99. The van der Waals surface area contributed by atoms with E-state index in [9.17, 15) is 14.0 Å². The summed E-state index contributed by atoms with van der Waals surface area (Å²) in [4.78, 5) is 23.1. The van der Waals surface area contributed by atoms with Gasteiger partial charge < -0.3 is 10.4 Å². The lowest BCUT2D eigenvalue weighted by Gasteiger charge is -2.19. The van der Waals surface area contributed by atoms with E-state index < -0.39 is 17.4 Å². The molecule has 19 heavy (non-hydrogen) atoms. The number of carboxylic acids is 1. The maximum Gasteiger partial charge on any atom is 0.326 e. The summed E-state index contributed by atoms with van der Waals surface area (Å²) in [7, 11) is 0. The molecule has 0 radical (unpaired) electrons. The molecule has 1 aliphatic rings. The zero-order chi connectivity index (χ0) is 14.0. The average Bonchev–Trinajstić information content (AvgIpc) is 3.17. The minimum absolute atomic E-state index is 0.284. The number of nitrogens with one attached hydrogen (secondary N) is 1. The molecule has 0 aromatic heterocycles. The highest BCUT2D eigenvalue weighted by molar-refractivity contribution is 5.93. The minimum atomic E-state index is -1.04. The van der Waals surface area contributed by atoms with Crippen LogP contribution in [0.1, 0.15) is 31.7 Å². The van der Waals surface area contributed by atoms with E-state index in [1.54, 1.807) is 19.1 Å². The SMILES string of the molecule is CCC(NC(=O)C1(c2ccc(F)cc2)CC1)C(=O)O. The minimum Gasteiger partial charge on any atom is -0.480 e. The molecule has 1 fully saturated rings. The number of halogens is 1. The molecule has 1 amide bonds. The van der Waals surface area contributed by atoms with Gasteiger partial charge in [-0.25, -0.2) is 9.18 Å². The van der Waals surface area contributed by atoms with E-state index in [-0.39, 0.29) is 11.7 Å². The van der Waals surface area contributed by atoms with E-state index in [4.69, 9.17) is 5.11 Å². The molecule has 1 atom stereocenters. The van der Waals surface area contributed by atoms with Crippen LogP contribution in [0.15, 0.2) is 24.3 Å². The Bertz CT molecular complexity index is 494. The van der Waals surface area contributed by atoms with Gasteiger partial charge in [-0.1, -0.05) is 19.1 Å². The smallest absolute Gasteiger partial charge is 0.326 e. The summed E-state index contributed by atoms with van der Waals surface area (Å²) >= 11 is 0. The molecule has 2 N–H and O–H groups in total. The molecule has 2 rings (SSSR count). The summed E-state index contributed by atoms with van der Waals surface area (Å²) in [5, 5.41) is 11.5. The first-order chi connectivity index (χ1) is 8.99. The van der Waals surface area contributed by atoms with Crippen molar-refractivity contribution in [1.82, 2.24) is 5.32 Å². The zero-order valence-corrected chi connectivity index (χ0v) is 10.6. The van der Waals surface area contributed by atoms with E-state index >= 15 is 0 Å². The first-order valence-corrected chi connectivity index (χ1v) is 6.29. The fraction of sp³-hybridized carbons (Fsp3) is 0.429. The molecule has 0 aliphatic heterocycles. The van der Waals surface area contributed by atoms with Crippen molar-refractivity contribution < 1.29 is 19.1 Å². The van der Waals surface area contributed by atoms with Crippen molar-refractivity contribution in [2.24, 2.45) is 0 Å². The van der Waals surface area contributed by atoms with E-state index in [2.05, 4.69) is 5.32 Å². The monoisotopic (exact) mass is 265 g/mol. The second-order valence-electron chi connectivity index (χ2n) is 4.86. The number of amides is 1. The molecule has 0 spiro atoms. The first-order valence-electron chi connectivity index (χ1n) is 6.29. The van der Waals surface area contributed by atoms with Gasteiger partial charge in [-0.3, -0.25) is 4.79 Å². The lowest BCUT2D eigenvalue weighted by Crippen LogP contribution is -2.45. The quantitative estimate of drug-likeness (QED) is 0.853. The van der Waals surface area contributed by atoms with E-state index in [0.717, 1.165) is 5.56 Å². The molecule has 1 unspecified atom stereocenters. The average molecular weight is 265 g/mol. The van der Waals surface area contributed by atoms with Gasteiger partial charge in [0.1, 0.15) is 11.9 Å². The number of carboxylic acid groups (broad SMARTS) is 1. The van der Waals surface area contributed by atoms with Gasteiger partial charge in [0.05, 0.1) is 5.41 Å². The van der Waals surface area contributed by atoms with Gasteiger partial charge in [-0.2, -0.15) is 0 Å². The summed E-state index contributed by atoms with van der Waals surface area (Å²) in [6.07, 6.45) is 1.67. The van der Waals surface area contributed by atoms with Crippen LogP contribution in [0.4, 0.5) is 4.39 Å². The normalized spacial score (nSPS) is 17.6. The molecule has 0 saturated heterocycles. The number of hydrogen-bond donors (Lipinski definition) is 2. The topological polar surface area (TPSA) is 66.4 Å². The Labute approximate surface area is 110 Å². The van der Waals surface area contributed by atoms with Crippen LogP contribution < -0.4 is 5.32 Å². The standard InChI is InChI=1S/C14H16FNO3/c1-2-11(12(17)18)16-13(19)14(7-8-14)9-3-5-10(15)6-4-9/h3-6,11H,2,7-8H2,1H3,(H,16,19)(H,17,18). The van der Waals surface area contributed by atoms with E-state index in [0.29, 0.717) is 19.3 Å². The predicted octanol–water partition coefficient (Wildman–Crippen LogP) is 1.84. The van der Waals surface area contributed by atoms with E-state index in [1.165, 1.54) is 12.1 Å². The number of aliphatic carboxylic acids is 1. The van der Waals surface area contributed by atoms with Gasteiger partial charge in [0.15, 0.2) is 0 Å². The van der Waals surface area contributed by atoms with Crippen molar-refractivity contribution in [2.75, 3.05) is 0 Å². The molecule has 0 heterocycles. The largest absolute Gasteiger partial charge is 0.480 e. The number of hydrogen-bond acceptors (Lipinski definition) is 2. The number of carbonyl (C=O) groups excluding carboxylic acids is 1. The van der Waals surface area contributed by atoms with E-state index in [1.807, 2.05) is 0 Å². The number of carbonyl (C=O) groups is 2. The van der Waals surface area contributed by atoms with Crippen LogP contribution in [0.3, 0.4) is 0 Å². The number of benzene rings is 1. The lowest BCUT2D eigenvalue weighted by molar-refractivity contribution is -0.142. The third-order valence-corrected chi connectivity index (χ3v) is 3.59. The zero-order valence-electron chi connectivity index (χ0n) is 10.6. The van der Waals surface area contributed by atoms with Crippen LogP contribution in [-0.2, 0) is 15.0 Å². The van der Waals surface area contributed by atoms with Gasteiger partial charge in [-0.05, 0) is 37.0 Å². The van der Waals surface area contributed by atoms with Crippen LogP contribution in [0.2, 0.25) is 0 Å². The second-order valence-corrected chi connectivity index (χ2v) is 4.86. The Morgan fingerprint density at radius 1 is 1.37 bits per heavy atom. The summed E-state index contributed by atoms with van der Waals surface area (Å²) in [5.74, 6) is -1.67. The summed E-state index contributed by atoms with van der Waals surface area (Å²) < 4.78 is 12.9. The molecular weight excluding hydrogens is 249 g/mol. The van der Waals surface area contributed by atoms with Crippen LogP contribution in [0.5, 0.6) is 0 Å². The highest BCUT2D eigenvalue weighted by Gasteiger charge is 2.51. The Morgan fingerprint density at radius 2 is 1.95 bits per heavy atom. The molecule has 5 heteroatoms. The fourth-order valence-electron chi connectivity index (χ4n) is 2.18. The maximum absolute atomic E-state index is 12.9. The molecular formula is C14H16FNO3. The molecule has 1 aromatic rings. The Hall–Kier alpha value is -1.91. The Kier molecular flexibility index (Phi) is 3.55. The van der Waals surface area contributed by atoms with Crippen LogP contribution in [-0.4, -0.2) is 23.0 Å². The third-order valence-electron chi connectivity index (χ3n) is 3.59. The van der Waals surface area contributed by atoms with Gasteiger partial charge in [-0.15, -0.1) is 0 Å². The molecule has 1 saturated carbocycles. The first kappa shape index (κ1) is 13.5. The van der Waals surface area contributed by atoms with Crippen LogP contribution in [0, 0.1) is 5.82 Å². The van der Waals surface area contributed by atoms with Crippen LogP contribution in [0.25, 0.3) is 0 Å². The Balaban J connectivity index is 2.14. The fourth-order valence-corrected chi connectivity index (χ4v) is 2.18. The lowest BCUT2D eigenvalue weighted by atomic mass is 9.94. The molecule has 4 nitrogen and oxygen atoms in total. The highest BCUT2D eigenvalue weighted by atomic mass is 19.1. The highest BCUT2D eigenvalue weighted by Crippen LogP contribution is 2.48. The molecule has 0 bridgehead atoms. The van der Waals surface area contributed by atoms with Gasteiger partial charge in [0.2, 0.25) is 5.91 Å². The van der Waals surface area contributed by atoms with Crippen LogP contribution >= 0.6 is 0 Å². The van der Waals surface area contributed by atoms with Crippen molar-refractivity contribution in [3.8, 4) is 0 Å².